The van der Waals surface area contributed by atoms with E-state index in [-0.39, 0.29) is 53.7 Å². The molecule has 0 radical (unpaired) electrons. The highest BCUT2D eigenvalue weighted by atomic mass is 16.3. The second-order valence-electron chi connectivity index (χ2n) is 19.8. The summed E-state index contributed by atoms with van der Waals surface area (Å²) in [6.07, 6.45) is 7.64. The van der Waals surface area contributed by atoms with Crippen LogP contribution in [-0.2, 0) is 12.8 Å². The van der Waals surface area contributed by atoms with Gasteiger partial charge in [0.15, 0.2) is 0 Å². The van der Waals surface area contributed by atoms with Gasteiger partial charge in [0.1, 0.15) is 11.5 Å². The van der Waals surface area contributed by atoms with Crippen LogP contribution in [0.2, 0.25) is 0 Å². The van der Waals surface area contributed by atoms with Crippen LogP contribution in [0.15, 0.2) is 86.0 Å². The summed E-state index contributed by atoms with van der Waals surface area (Å²) in [5.74, 6) is -1.17. The van der Waals surface area contributed by atoms with Crippen molar-refractivity contribution in [1.82, 2.24) is 20.9 Å². The van der Waals surface area contributed by atoms with Crippen molar-refractivity contribution >= 4 is 23.6 Å². The van der Waals surface area contributed by atoms with Crippen molar-refractivity contribution in [3.63, 3.8) is 0 Å². The molecule has 0 aliphatic heterocycles. The third-order valence-electron chi connectivity index (χ3n) is 11.8. The quantitative estimate of drug-likeness (QED) is 0.0734. The standard InChI is InChI=1S/2C28H38N2O3.CH4/c2*1-9-11-21-13-14-23(20(5)25(21)31)26(32)29-30(24(12-10-2)28(6,7)8)27(33)22-16-18(3)15-19(4)17-22;/h2*9,13-17,24,31H,1,10-12H2,2-8H3,(H,29,32);1H4/t2*24-;/m11./s1. The second-order valence-corrected chi connectivity index (χ2v) is 19.8. The first-order chi connectivity index (χ1) is 30.8. The number of nitrogens with one attached hydrogen (secondary N) is 2. The highest BCUT2D eigenvalue weighted by Gasteiger charge is 2.37. The number of hydrazine groups is 2. The Hall–Kier alpha value is -6.16. The molecule has 10 heteroatoms. The average Bonchev–Trinajstić information content (AvgIpc) is 3.22. The minimum absolute atomic E-state index is 0. The van der Waals surface area contributed by atoms with E-state index in [1.807, 2.05) is 64.1 Å². The topological polar surface area (TPSA) is 139 Å². The van der Waals surface area contributed by atoms with Crippen molar-refractivity contribution in [1.29, 1.82) is 0 Å². The number of amides is 4. The van der Waals surface area contributed by atoms with E-state index >= 15 is 0 Å². The summed E-state index contributed by atoms with van der Waals surface area (Å²) in [6.45, 7) is 35.2. The minimum Gasteiger partial charge on any atom is -0.507 e. The summed E-state index contributed by atoms with van der Waals surface area (Å²) in [7, 11) is 0. The number of hydrogen-bond acceptors (Lipinski definition) is 6. The lowest BCUT2D eigenvalue weighted by atomic mass is 9.83. The maximum Gasteiger partial charge on any atom is 0.272 e. The molecule has 0 spiro atoms. The molecule has 4 amide bonds. The van der Waals surface area contributed by atoms with E-state index in [1.165, 1.54) is 10.0 Å². The Labute approximate surface area is 402 Å². The molecule has 0 aliphatic rings. The summed E-state index contributed by atoms with van der Waals surface area (Å²) in [5.41, 5.74) is 13.4. The number of rotatable bonds is 14. The van der Waals surface area contributed by atoms with Crippen molar-refractivity contribution in [2.45, 2.75) is 155 Å². The molecule has 0 unspecified atom stereocenters. The zero-order valence-corrected chi connectivity index (χ0v) is 42.2. The summed E-state index contributed by atoms with van der Waals surface area (Å²) in [4.78, 5) is 54.2. The highest BCUT2D eigenvalue weighted by Crippen LogP contribution is 2.32. The van der Waals surface area contributed by atoms with Gasteiger partial charge in [-0.15, -0.1) is 13.2 Å². The van der Waals surface area contributed by atoms with Gasteiger partial charge >= 0.3 is 0 Å². The van der Waals surface area contributed by atoms with Crippen LogP contribution in [0.1, 0.15) is 174 Å². The molecule has 0 saturated carbocycles. The number of carbonyl (C=O) groups excluding carboxylic acids is 4. The Morgan fingerprint density at radius 1 is 0.567 bits per heavy atom. The van der Waals surface area contributed by atoms with Crippen LogP contribution in [-0.4, -0.2) is 55.9 Å². The largest absolute Gasteiger partial charge is 0.507 e. The van der Waals surface area contributed by atoms with Crippen LogP contribution < -0.4 is 10.9 Å². The molecular weight excluding hydrogens is 837 g/mol. The molecule has 4 rings (SSSR count). The number of benzene rings is 4. The van der Waals surface area contributed by atoms with Gasteiger partial charge < -0.3 is 10.2 Å². The van der Waals surface area contributed by atoms with E-state index in [1.54, 1.807) is 50.3 Å². The van der Waals surface area contributed by atoms with Gasteiger partial charge in [-0.25, -0.2) is 10.0 Å². The van der Waals surface area contributed by atoms with Crippen molar-refractivity contribution in [2.24, 2.45) is 10.8 Å². The predicted molar refractivity (Wildman–Crippen MR) is 276 cm³/mol. The normalized spacial score (nSPS) is 12.0. The Morgan fingerprint density at radius 2 is 0.866 bits per heavy atom. The lowest BCUT2D eigenvalue weighted by Crippen LogP contribution is -2.56. The molecule has 0 aromatic heterocycles. The molecule has 0 aliphatic carbocycles. The van der Waals surface area contributed by atoms with Crippen LogP contribution in [0.5, 0.6) is 11.5 Å². The molecule has 0 heterocycles. The SMILES string of the molecule is C.C=CCc1ccc(C(=O)NN(C(=O)c2cc(C)cc(C)c2)[C@H](CCC)C(C)(C)C)c(C)c1O.C=CCc1ccc(C(=O)NN(C(=O)c2cc(C)cc(C)c2)[C@H](CCC)C(C)(C)C)c(C)c1O. The Bertz CT molecular complexity index is 2200. The fraction of sp³-hybridized carbons (Fsp3) is 0.439. The molecule has 4 N–H and O–H groups in total. The summed E-state index contributed by atoms with van der Waals surface area (Å²) in [6, 6.07) is 17.8. The number of phenols is 2. The first-order valence-electron chi connectivity index (χ1n) is 23.1. The summed E-state index contributed by atoms with van der Waals surface area (Å²) < 4.78 is 0. The van der Waals surface area contributed by atoms with Gasteiger partial charge in [-0.3, -0.25) is 30.0 Å². The van der Waals surface area contributed by atoms with Gasteiger partial charge in [0, 0.05) is 33.4 Å². The average molecular weight is 917 g/mol. The summed E-state index contributed by atoms with van der Waals surface area (Å²) in [5, 5.41) is 24.1. The second kappa shape index (κ2) is 24.6. The van der Waals surface area contributed by atoms with Gasteiger partial charge in [-0.1, -0.05) is 134 Å². The number of aryl methyl sites for hydroxylation is 4. The third-order valence-corrected chi connectivity index (χ3v) is 11.8. The number of nitrogens with zero attached hydrogens (tertiary/aromatic N) is 2. The zero-order chi connectivity index (χ0) is 49.8. The highest BCUT2D eigenvalue weighted by molar-refractivity contribution is 6.01. The van der Waals surface area contributed by atoms with Gasteiger partial charge in [-0.05, 0) is 126 Å². The third kappa shape index (κ3) is 14.9. The zero-order valence-electron chi connectivity index (χ0n) is 42.2. The molecule has 10 nitrogen and oxygen atoms in total. The number of aromatic hydroxyl groups is 2. The van der Waals surface area contributed by atoms with E-state index in [2.05, 4.69) is 79.4 Å². The molecule has 0 saturated heterocycles. The van der Waals surface area contributed by atoms with E-state index in [0.717, 1.165) is 47.9 Å². The van der Waals surface area contributed by atoms with Gasteiger partial charge in [-0.2, -0.15) is 0 Å². The van der Waals surface area contributed by atoms with Crippen LogP contribution in [0.25, 0.3) is 0 Å². The first-order valence-corrected chi connectivity index (χ1v) is 23.1. The van der Waals surface area contributed by atoms with Crippen LogP contribution in [0, 0.1) is 52.4 Å². The molecule has 364 valence electrons. The fourth-order valence-electron chi connectivity index (χ4n) is 8.44. The Morgan fingerprint density at radius 3 is 1.12 bits per heavy atom. The monoisotopic (exact) mass is 917 g/mol. The van der Waals surface area contributed by atoms with E-state index in [0.29, 0.717) is 57.3 Å². The van der Waals surface area contributed by atoms with Crippen molar-refractivity contribution < 1.29 is 29.4 Å². The predicted octanol–water partition coefficient (Wildman–Crippen LogP) is 12.7. The van der Waals surface area contributed by atoms with Crippen molar-refractivity contribution in [2.75, 3.05) is 0 Å². The first kappa shape index (κ1) is 57.0. The van der Waals surface area contributed by atoms with Crippen LogP contribution in [0.4, 0.5) is 0 Å². The van der Waals surface area contributed by atoms with Gasteiger partial charge in [0.2, 0.25) is 0 Å². The number of carbonyl (C=O) groups is 4. The van der Waals surface area contributed by atoms with Crippen LogP contribution >= 0.6 is 0 Å². The number of hydrogen-bond donors (Lipinski definition) is 4. The van der Waals surface area contributed by atoms with Crippen molar-refractivity contribution in [3.05, 3.63) is 153 Å². The van der Waals surface area contributed by atoms with Crippen LogP contribution in [0.3, 0.4) is 0 Å². The lowest BCUT2D eigenvalue weighted by molar-refractivity contribution is 0.0270. The Balaban J connectivity index is 0.000000453. The molecule has 4 aromatic carbocycles. The summed E-state index contributed by atoms with van der Waals surface area (Å²) >= 11 is 0. The van der Waals surface area contributed by atoms with E-state index in [9.17, 15) is 29.4 Å². The molecule has 67 heavy (non-hydrogen) atoms. The van der Waals surface area contributed by atoms with Gasteiger partial charge in [0.25, 0.3) is 23.6 Å². The molecule has 0 bridgehead atoms. The fourth-order valence-corrected chi connectivity index (χ4v) is 8.44. The molecule has 0 fully saturated rings. The van der Waals surface area contributed by atoms with E-state index < -0.39 is 11.8 Å². The molecule has 2 atom stereocenters. The van der Waals surface area contributed by atoms with Gasteiger partial charge in [0.05, 0.1) is 12.1 Å². The van der Waals surface area contributed by atoms with Crippen molar-refractivity contribution in [3.8, 4) is 11.5 Å². The Kier molecular flexibility index (Phi) is 20.9. The number of allylic oxidation sites excluding steroid dienone is 2. The maximum absolute atomic E-state index is 13.7. The number of phenolic OH excluding ortho intramolecular Hbond substituents is 2. The molecular formula is C57H80N4O6. The smallest absolute Gasteiger partial charge is 0.272 e. The lowest BCUT2D eigenvalue weighted by Gasteiger charge is -2.40. The minimum atomic E-state index is -0.420. The van der Waals surface area contributed by atoms with E-state index in [4.69, 9.17) is 0 Å². The maximum atomic E-state index is 13.7. The molecule has 4 aromatic rings.